The Hall–Kier alpha value is -2.42. The summed E-state index contributed by atoms with van der Waals surface area (Å²) >= 11 is 0. The van der Waals surface area contributed by atoms with Crippen LogP contribution in [-0.4, -0.2) is 10.9 Å². The number of aryl methyl sites for hydroxylation is 1. The molecule has 1 heterocycles. The lowest BCUT2D eigenvalue weighted by Crippen LogP contribution is -2.13. The maximum Gasteiger partial charge on any atom is 0.256 e. The number of hydrogen-bond acceptors (Lipinski definition) is 2. The van der Waals surface area contributed by atoms with Gasteiger partial charge in [-0.25, -0.2) is 4.98 Å². The molecule has 0 aliphatic carbocycles. The predicted molar refractivity (Wildman–Crippen MR) is 87.3 cm³/mol. The summed E-state index contributed by atoms with van der Waals surface area (Å²) in [4.78, 5) is 16.3. The zero-order valence-corrected chi connectivity index (χ0v) is 12.5. The van der Waals surface area contributed by atoms with Gasteiger partial charge in [-0.2, -0.15) is 0 Å². The van der Waals surface area contributed by atoms with Gasteiger partial charge >= 0.3 is 0 Å². The van der Waals surface area contributed by atoms with Crippen LogP contribution in [0.4, 0.5) is 5.82 Å². The van der Waals surface area contributed by atoms with Crippen LogP contribution in [0.5, 0.6) is 0 Å². The summed E-state index contributed by atoms with van der Waals surface area (Å²) in [5.74, 6) is 0.468. The van der Waals surface area contributed by atoms with Crippen LogP contribution < -0.4 is 5.32 Å². The van der Waals surface area contributed by atoms with E-state index in [9.17, 15) is 4.79 Å². The Morgan fingerprint density at radius 3 is 2.67 bits per heavy atom. The van der Waals surface area contributed by atoms with Crippen molar-refractivity contribution >= 4 is 17.8 Å². The van der Waals surface area contributed by atoms with Gasteiger partial charge in [0.1, 0.15) is 5.82 Å². The number of nitrogens with one attached hydrogen (secondary N) is 1. The quantitative estimate of drug-likeness (QED) is 0.878. The number of carbonyl (C=O) groups is 1. The maximum atomic E-state index is 12.2. The van der Waals surface area contributed by atoms with Crippen molar-refractivity contribution < 1.29 is 4.79 Å². The van der Waals surface area contributed by atoms with Crippen molar-refractivity contribution in [2.75, 3.05) is 5.32 Å². The molecular weight excluding hydrogens is 260 g/mol. The molecule has 0 aliphatic rings. The monoisotopic (exact) mass is 280 g/mol. The summed E-state index contributed by atoms with van der Waals surface area (Å²) in [7, 11) is 0. The second-order valence-corrected chi connectivity index (χ2v) is 4.94. The molecule has 2 rings (SSSR count). The summed E-state index contributed by atoms with van der Waals surface area (Å²) < 4.78 is 0. The van der Waals surface area contributed by atoms with Crippen LogP contribution in [0, 0.1) is 6.92 Å². The number of hydrogen-bond donors (Lipinski definition) is 1. The van der Waals surface area contributed by atoms with Gasteiger partial charge in [0.15, 0.2) is 0 Å². The van der Waals surface area contributed by atoms with Crippen LogP contribution in [0.1, 0.15) is 41.3 Å². The Kier molecular flexibility index (Phi) is 5.27. The van der Waals surface area contributed by atoms with Gasteiger partial charge in [-0.1, -0.05) is 43.7 Å². The van der Waals surface area contributed by atoms with E-state index >= 15 is 0 Å². The molecule has 108 valence electrons. The first kappa shape index (κ1) is 15.0. The molecule has 1 amide bonds. The smallest absolute Gasteiger partial charge is 0.256 e. The molecule has 0 fully saturated rings. The van der Waals surface area contributed by atoms with Crippen LogP contribution in [0.25, 0.3) is 6.08 Å². The van der Waals surface area contributed by atoms with Gasteiger partial charge in [0.2, 0.25) is 0 Å². The van der Waals surface area contributed by atoms with E-state index in [4.69, 9.17) is 0 Å². The molecule has 0 saturated heterocycles. The molecular formula is C18H20N2O. The van der Waals surface area contributed by atoms with E-state index in [1.165, 1.54) is 0 Å². The Labute approximate surface area is 125 Å². The second-order valence-electron chi connectivity index (χ2n) is 4.94. The van der Waals surface area contributed by atoms with Gasteiger partial charge < -0.3 is 5.32 Å². The number of benzene rings is 1. The van der Waals surface area contributed by atoms with E-state index in [1.54, 1.807) is 6.20 Å². The molecule has 2 aromatic rings. The number of nitrogens with zero attached hydrogens (tertiary/aromatic N) is 1. The zero-order chi connectivity index (χ0) is 15.1. The number of allylic oxidation sites excluding steroid dienone is 1. The zero-order valence-electron chi connectivity index (χ0n) is 12.5. The number of rotatable bonds is 5. The first-order chi connectivity index (χ1) is 10.2. The van der Waals surface area contributed by atoms with Gasteiger partial charge in [-0.05, 0) is 42.7 Å². The molecule has 3 nitrogen and oxygen atoms in total. The summed E-state index contributed by atoms with van der Waals surface area (Å²) in [6.07, 6.45) is 8.10. The average molecular weight is 280 g/mol. The minimum atomic E-state index is -0.138. The van der Waals surface area contributed by atoms with Crippen molar-refractivity contribution in [1.82, 2.24) is 4.98 Å². The highest BCUT2D eigenvalue weighted by molar-refractivity contribution is 6.04. The number of anilines is 1. The van der Waals surface area contributed by atoms with Crippen molar-refractivity contribution in [3.8, 4) is 0 Å². The summed E-state index contributed by atoms with van der Waals surface area (Å²) in [5.41, 5.74) is 2.69. The van der Waals surface area contributed by atoms with Crippen LogP contribution in [0.3, 0.4) is 0 Å². The number of amides is 1. The van der Waals surface area contributed by atoms with E-state index < -0.39 is 0 Å². The first-order valence-electron chi connectivity index (χ1n) is 7.20. The Morgan fingerprint density at radius 1 is 1.24 bits per heavy atom. The second kappa shape index (κ2) is 7.39. The highest BCUT2D eigenvalue weighted by Gasteiger charge is 2.07. The van der Waals surface area contributed by atoms with Gasteiger partial charge in [0.05, 0.1) is 0 Å². The maximum absolute atomic E-state index is 12.2. The van der Waals surface area contributed by atoms with Gasteiger partial charge in [-0.15, -0.1) is 0 Å². The molecule has 0 radical (unpaired) electrons. The van der Waals surface area contributed by atoms with Crippen LogP contribution in [0.15, 0.2) is 48.7 Å². The predicted octanol–water partition coefficient (Wildman–Crippen LogP) is 4.46. The summed E-state index contributed by atoms with van der Waals surface area (Å²) in [5, 5.41) is 2.83. The normalized spacial score (nSPS) is 10.8. The molecule has 21 heavy (non-hydrogen) atoms. The Balaban J connectivity index is 2.05. The number of aromatic nitrogens is 1. The van der Waals surface area contributed by atoms with Crippen molar-refractivity contribution in [3.05, 3.63) is 65.4 Å². The number of pyridine rings is 1. The van der Waals surface area contributed by atoms with E-state index in [2.05, 4.69) is 29.4 Å². The fourth-order valence-corrected chi connectivity index (χ4v) is 1.93. The van der Waals surface area contributed by atoms with Gasteiger partial charge in [-0.3, -0.25) is 4.79 Å². The molecule has 1 N–H and O–H groups in total. The van der Waals surface area contributed by atoms with Crippen molar-refractivity contribution in [1.29, 1.82) is 0 Å². The van der Waals surface area contributed by atoms with E-state index in [1.807, 2.05) is 43.3 Å². The van der Waals surface area contributed by atoms with Crippen molar-refractivity contribution in [2.45, 2.75) is 26.7 Å². The van der Waals surface area contributed by atoms with E-state index in [0.29, 0.717) is 11.4 Å². The largest absolute Gasteiger partial charge is 0.306 e. The molecule has 0 bridgehead atoms. The Bertz CT molecular complexity index is 630. The highest BCUT2D eigenvalue weighted by atomic mass is 16.1. The number of unbranched alkanes of at least 4 members (excludes halogenated alkanes) is 1. The molecule has 1 aromatic carbocycles. The fraction of sp³-hybridized carbons (Fsp3) is 0.222. The van der Waals surface area contributed by atoms with Crippen LogP contribution in [-0.2, 0) is 0 Å². The van der Waals surface area contributed by atoms with E-state index in [0.717, 1.165) is 24.0 Å². The van der Waals surface area contributed by atoms with E-state index in [-0.39, 0.29) is 5.91 Å². The lowest BCUT2D eigenvalue weighted by Gasteiger charge is -2.07. The molecule has 3 heteroatoms. The first-order valence-corrected chi connectivity index (χ1v) is 7.20. The number of carbonyl (C=O) groups excluding carboxylic acids is 1. The molecule has 0 spiro atoms. The third kappa shape index (κ3) is 4.28. The average Bonchev–Trinajstić information content (AvgIpc) is 2.50. The summed E-state index contributed by atoms with van der Waals surface area (Å²) in [6, 6.07) is 11.3. The van der Waals surface area contributed by atoms with Crippen LogP contribution in [0.2, 0.25) is 0 Å². The molecule has 0 aliphatic heterocycles. The van der Waals surface area contributed by atoms with Crippen LogP contribution >= 0.6 is 0 Å². The SMILES string of the molecule is CCC/C=C/c1ccc(C(=O)Nc2ncccc2C)cc1. The summed E-state index contributed by atoms with van der Waals surface area (Å²) in [6.45, 7) is 4.07. The molecule has 0 saturated carbocycles. The lowest BCUT2D eigenvalue weighted by atomic mass is 10.1. The minimum absolute atomic E-state index is 0.138. The molecule has 1 aromatic heterocycles. The minimum Gasteiger partial charge on any atom is -0.306 e. The van der Waals surface area contributed by atoms with Gasteiger partial charge in [0, 0.05) is 11.8 Å². The Morgan fingerprint density at radius 2 is 2.00 bits per heavy atom. The standard InChI is InChI=1S/C18H20N2O/c1-3-4-5-8-15-9-11-16(12-10-15)18(21)20-17-14(2)7-6-13-19-17/h5-13H,3-4H2,1-2H3,(H,19,20,21)/b8-5+. The van der Waals surface area contributed by atoms with Crippen molar-refractivity contribution in [3.63, 3.8) is 0 Å². The third-order valence-electron chi connectivity index (χ3n) is 3.18. The third-order valence-corrected chi connectivity index (χ3v) is 3.18. The highest BCUT2D eigenvalue weighted by Crippen LogP contribution is 2.12. The fourth-order valence-electron chi connectivity index (χ4n) is 1.93. The lowest BCUT2D eigenvalue weighted by molar-refractivity contribution is 0.102. The van der Waals surface area contributed by atoms with Gasteiger partial charge in [0.25, 0.3) is 5.91 Å². The molecule has 0 unspecified atom stereocenters. The molecule has 0 atom stereocenters. The van der Waals surface area contributed by atoms with Crippen molar-refractivity contribution in [2.24, 2.45) is 0 Å². The topological polar surface area (TPSA) is 42.0 Å².